The van der Waals surface area contributed by atoms with Gasteiger partial charge in [0.1, 0.15) is 23.8 Å². The molecule has 20 heavy (non-hydrogen) atoms. The predicted octanol–water partition coefficient (Wildman–Crippen LogP) is 1.55. The number of rotatable bonds is 5. The van der Waals surface area contributed by atoms with Gasteiger partial charge in [0, 0.05) is 17.7 Å². The van der Waals surface area contributed by atoms with Crippen LogP contribution < -0.4 is 14.8 Å². The van der Waals surface area contributed by atoms with Crippen LogP contribution >= 0.6 is 0 Å². The lowest BCUT2D eigenvalue weighted by Gasteiger charge is -2.09. The maximum Gasteiger partial charge on any atom is 0.223 e. The Labute approximate surface area is 117 Å². The molecule has 6 heteroatoms. The number of benzene rings is 1. The van der Waals surface area contributed by atoms with Crippen molar-refractivity contribution in [2.45, 2.75) is 26.3 Å². The molecule has 0 radical (unpaired) electrons. The average Bonchev–Trinajstić information content (AvgIpc) is 2.80. The van der Waals surface area contributed by atoms with Crippen LogP contribution in [-0.4, -0.2) is 36.1 Å². The molecule has 1 aromatic rings. The number of carbonyl (C=O) groups is 1. The Hall–Kier alpha value is -2.24. The zero-order chi connectivity index (χ0) is 14.5. The van der Waals surface area contributed by atoms with Gasteiger partial charge in [-0.15, -0.1) is 0 Å². The zero-order valence-corrected chi connectivity index (χ0v) is 11.5. The van der Waals surface area contributed by atoms with E-state index < -0.39 is 0 Å². The Morgan fingerprint density at radius 2 is 2.35 bits per heavy atom. The fourth-order valence-corrected chi connectivity index (χ4v) is 1.91. The summed E-state index contributed by atoms with van der Waals surface area (Å²) in [7, 11) is 0. The molecular weight excluding hydrogens is 260 g/mol. The van der Waals surface area contributed by atoms with Crippen LogP contribution in [0.2, 0.25) is 0 Å². The highest BCUT2D eigenvalue weighted by molar-refractivity contribution is 6.06. The molecule has 1 amide bonds. The van der Waals surface area contributed by atoms with E-state index in [-0.39, 0.29) is 18.6 Å². The average molecular weight is 278 g/mol. The molecule has 0 spiro atoms. The topological polar surface area (TPSA) is 80.2 Å². The lowest BCUT2D eigenvalue weighted by molar-refractivity contribution is -0.122. The van der Waals surface area contributed by atoms with Gasteiger partial charge in [0.2, 0.25) is 5.91 Å². The molecule has 2 rings (SSSR count). The van der Waals surface area contributed by atoms with Crippen molar-refractivity contribution in [1.82, 2.24) is 5.32 Å². The molecule has 0 bridgehead atoms. The van der Waals surface area contributed by atoms with Gasteiger partial charge in [0.05, 0.1) is 13.0 Å². The maximum absolute atomic E-state index is 11.5. The van der Waals surface area contributed by atoms with Gasteiger partial charge < -0.3 is 20.0 Å². The molecule has 0 atom stereocenters. The predicted molar refractivity (Wildman–Crippen MR) is 73.7 cm³/mol. The smallest absolute Gasteiger partial charge is 0.223 e. The summed E-state index contributed by atoms with van der Waals surface area (Å²) in [5, 5.41) is 14.8. The second-order valence-electron chi connectivity index (χ2n) is 4.81. The minimum Gasteiger partial charge on any atom is -0.493 e. The number of ether oxygens (including phenoxy) is 2. The third-order valence-electron chi connectivity index (χ3n) is 2.80. The molecule has 0 aromatic heterocycles. The first-order valence-corrected chi connectivity index (χ1v) is 6.50. The number of hydrogen-bond acceptors (Lipinski definition) is 5. The number of nitrogens with one attached hydrogen (secondary N) is 1. The van der Waals surface area contributed by atoms with Gasteiger partial charge in [0.15, 0.2) is 0 Å². The molecule has 108 valence electrons. The first kappa shape index (κ1) is 14.2. The lowest BCUT2D eigenvalue weighted by atomic mass is 10.1. The Bertz CT molecular complexity index is 526. The van der Waals surface area contributed by atoms with Crippen molar-refractivity contribution in [1.29, 1.82) is 0 Å². The second-order valence-corrected chi connectivity index (χ2v) is 4.81. The maximum atomic E-state index is 11.5. The molecule has 1 aromatic carbocycles. The van der Waals surface area contributed by atoms with Gasteiger partial charge in [-0.05, 0) is 26.0 Å². The van der Waals surface area contributed by atoms with Gasteiger partial charge in [-0.2, -0.15) is 0 Å². The van der Waals surface area contributed by atoms with E-state index in [9.17, 15) is 4.79 Å². The highest BCUT2D eigenvalue weighted by Gasteiger charge is 2.20. The molecule has 0 fully saturated rings. The van der Waals surface area contributed by atoms with E-state index in [0.717, 1.165) is 5.56 Å². The van der Waals surface area contributed by atoms with E-state index in [0.29, 0.717) is 30.2 Å². The highest BCUT2D eigenvalue weighted by atomic mass is 16.5. The molecule has 2 N–H and O–H groups in total. The van der Waals surface area contributed by atoms with Crippen molar-refractivity contribution in [3.63, 3.8) is 0 Å². The summed E-state index contributed by atoms with van der Waals surface area (Å²) in [5.41, 5.74) is 1.26. The third kappa shape index (κ3) is 3.40. The fraction of sp³-hybridized carbons (Fsp3) is 0.429. The van der Waals surface area contributed by atoms with Crippen LogP contribution in [0.3, 0.4) is 0 Å². The van der Waals surface area contributed by atoms with Crippen LogP contribution in [0.25, 0.3) is 0 Å². The largest absolute Gasteiger partial charge is 0.493 e. The number of carbonyl (C=O) groups excluding carboxylic acids is 1. The summed E-state index contributed by atoms with van der Waals surface area (Å²) < 4.78 is 10.9. The molecule has 6 nitrogen and oxygen atoms in total. The van der Waals surface area contributed by atoms with Gasteiger partial charge in [0.25, 0.3) is 0 Å². The van der Waals surface area contributed by atoms with E-state index in [4.69, 9.17) is 14.7 Å². The van der Waals surface area contributed by atoms with Gasteiger partial charge in [-0.25, -0.2) is 0 Å². The first-order valence-electron chi connectivity index (χ1n) is 6.50. The lowest BCUT2D eigenvalue weighted by Crippen LogP contribution is -2.31. The van der Waals surface area contributed by atoms with E-state index >= 15 is 0 Å². The van der Waals surface area contributed by atoms with Gasteiger partial charge in [-0.1, -0.05) is 5.16 Å². The number of amides is 1. The molecule has 0 aliphatic carbocycles. The van der Waals surface area contributed by atoms with Crippen molar-refractivity contribution in [3.05, 3.63) is 23.8 Å². The van der Waals surface area contributed by atoms with Crippen LogP contribution in [0.4, 0.5) is 0 Å². The first-order chi connectivity index (χ1) is 9.60. The van der Waals surface area contributed by atoms with E-state index in [2.05, 4.69) is 10.5 Å². The van der Waals surface area contributed by atoms with Crippen molar-refractivity contribution >= 4 is 11.6 Å². The number of hydrogen-bond donors (Lipinski definition) is 2. The number of fused-ring (bicyclic) bond motifs is 1. The SMILES string of the molecule is CC(C)NC(=O)CCOc1ccc2c(c1)OCC2=NO. The van der Waals surface area contributed by atoms with E-state index in [1.165, 1.54) is 0 Å². The molecule has 0 saturated carbocycles. The highest BCUT2D eigenvalue weighted by Crippen LogP contribution is 2.29. The van der Waals surface area contributed by atoms with E-state index in [1.54, 1.807) is 18.2 Å². The summed E-state index contributed by atoms with van der Waals surface area (Å²) in [5.74, 6) is 1.22. The van der Waals surface area contributed by atoms with Crippen LogP contribution in [-0.2, 0) is 4.79 Å². The van der Waals surface area contributed by atoms with Crippen LogP contribution in [0.15, 0.2) is 23.4 Å². The summed E-state index contributed by atoms with van der Waals surface area (Å²) in [4.78, 5) is 11.5. The summed E-state index contributed by atoms with van der Waals surface area (Å²) in [6, 6.07) is 5.40. The molecule has 0 saturated heterocycles. The van der Waals surface area contributed by atoms with Crippen molar-refractivity contribution in [2.24, 2.45) is 5.16 Å². The fourth-order valence-electron chi connectivity index (χ4n) is 1.91. The normalized spacial score (nSPS) is 15.1. The number of oxime groups is 1. The Balaban J connectivity index is 1.88. The van der Waals surface area contributed by atoms with Gasteiger partial charge >= 0.3 is 0 Å². The number of nitrogens with zero attached hydrogens (tertiary/aromatic N) is 1. The van der Waals surface area contributed by atoms with Crippen molar-refractivity contribution in [3.8, 4) is 11.5 Å². The molecule has 1 heterocycles. The second kappa shape index (κ2) is 6.27. The van der Waals surface area contributed by atoms with Crippen molar-refractivity contribution in [2.75, 3.05) is 13.2 Å². The molecule has 1 aliphatic heterocycles. The zero-order valence-electron chi connectivity index (χ0n) is 11.5. The van der Waals surface area contributed by atoms with E-state index in [1.807, 2.05) is 13.8 Å². The molecule has 0 unspecified atom stereocenters. The Morgan fingerprint density at radius 3 is 3.05 bits per heavy atom. The standard InChI is InChI=1S/C14H18N2O4/c1-9(2)15-14(17)5-6-19-10-3-4-11-12(16-18)8-20-13(11)7-10/h3-4,7,9,18H,5-6,8H2,1-2H3,(H,15,17). The van der Waals surface area contributed by atoms with Crippen LogP contribution in [0.1, 0.15) is 25.8 Å². The van der Waals surface area contributed by atoms with Crippen LogP contribution in [0, 0.1) is 0 Å². The van der Waals surface area contributed by atoms with Gasteiger partial charge in [-0.3, -0.25) is 4.79 Å². The minimum atomic E-state index is -0.0351. The monoisotopic (exact) mass is 278 g/mol. The Kier molecular flexibility index (Phi) is 4.45. The summed E-state index contributed by atoms with van der Waals surface area (Å²) in [6.07, 6.45) is 0.305. The summed E-state index contributed by atoms with van der Waals surface area (Å²) in [6.45, 7) is 4.39. The third-order valence-corrected chi connectivity index (χ3v) is 2.80. The minimum absolute atomic E-state index is 0.0351. The van der Waals surface area contributed by atoms with Crippen LogP contribution in [0.5, 0.6) is 11.5 Å². The van der Waals surface area contributed by atoms with Crippen molar-refractivity contribution < 1.29 is 19.5 Å². The summed E-state index contributed by atoms with van der Waals surface area (Å²) >= 11 is 0. The molecule has 1 aliphatic rings. The quantitative estimate of drug-likeness (QED) is 0.632. The molecular formula is C14H18N2O4. The Morgan fingerprint density at radius 1 is 1.55 bits per heavy atom.